The van der Waals surface area contributed by atoms with Crippen LogP contribution >= 0.6 is 11.6 Å². The highest BCUT2D eigenvalue weighted by Crippen LogP contribution is 2.47. The van der Waals surface area contributed by atoms with E-state index < -0.39 is 5.41 Å². The van der Waals surface area contributed by atoms with Crippen molar-refractivity contribution < 1.29 is 9.53 Å². The molecule has 2 heterocycles. The Morgan fingerprint density at radius 3 is 2.64 bits per heavy atom. The van der Waals surface area contributed by atoms with Gasteiger partial charge in [0.25, 0.3) is 0 Å². The molecule has 1 N–H and O–H groups in total. The van der Waals surface area contributed by atoms with E-state index in [1.54, 1.807) is 18.2 Å². The number of fused-ring (bicyclic) bond motifs is 3. The highest BCUT2D eigenvalue weighted by molar-refractivity contribution is 6.31. The normalized spacial score (nSPS) is 19.0. The van der Waals surface area contributed by atoms with E-state index in [-0.39, 0.29) is 5.78 Å². The molecule has 2 aromatic carbocycles. The second-order valence-electron chi connectivity index (χ2n) is 5.90. The second kappa shape index (κ2) is 5.11. The van der Waals surface area contributed by atoms with Crippen LogP contribution in [0.3, 0.4) is 0 Å². The number of halogens is 1. The molecule has 1 saturated heterocycles. The second-order valence-corrected chi connectivity index (χ2v) is 6.34. The molecule has 22 heavy (non-hydrogen) atoms. The van der Waals surface area contributed by atoms with E-state index in [0.29, 0.717) is 16.3 Å². The molecule has 112 valence electrons. The summed E-state index contributed by atoms with van der Waals surface area (Å²) in [6.07, 6.45) is 1.55. The summed E-state index contributed by atoms with van der Waals surface area (Å²) in [7, 11) is 0. The minimum Gasteiger partial charge on any atom is -0.456 e. The third kappa shape index (κ3) is 1.97. The van der Waals surface area contributed by atoms with Gasteiger partial charge in [-0.2, -0.15) is 0 Å². The monoisotopic (exact) mass is 313 g/mol. The van der Waals surface area contributed by atoms with Gasteiger partial charge in [0.05, 0.1) is 11.0 Å². The fourth-order valence-electron chi connectivity index (χ4n) is 3.57. The SMILES string of the molecule is O=C1c2cc(Cl)ccc2Oc2ccccc2C12CCNCC2. The van der Waals surface area contributed by atoms with Gasteiger partial charge >= 0.3 is 0 Å². The molecule has 1 spiro atoms. The van der Waals surface area contributed by atoms with Crippen molar-refractivity contribution >= 4 is 17.4 Å². The Morgan fingerprint density at radius 1 is 1.05 bits per heavy atom. The maximum atomic E-state index is 13.4. The number of benzene rings is 2. The van der Waals surface area contributed by atoms with Crippen molar-refractivity contribution in [3.63, 3.8) is 0 Å². The van der Waals surface area contributed by atoms with Crippen molar-refractivity contribution in [2.75, 3.05) is 13.1 Å². The lowest BCUT2D eigenvalue weighted by atomic mass is 9.68. The van der Waals surface area contributed by atoms with Crippen molar-refractivity contribution in [1.82, 2.24) is 5.32 Å². The number of Topliss-reactive ketones (excluding diaryl/α,β-unsaturated/α-hetero) is 1. The first-order chi connectivity index (χ1) is 10.7. The topological polar surface area (TPSA) is 38.3 Å². The summed E-state index contributed by atoms with van der Waals surface area (Å²) >= 11 is 6.11. The first-order valence-electron chi connectivity index (χ1n) is 7.53. The Hall–Kier alpha value is -1.84. The number of carbonyl (C=O) groups is 1. The van der Waals surface area contributed by atoms with Crippen LogP contribution in [0, 0.1) is 0 Å². The van der Waals surface area contributed by atoms with Crippen LogP contribution in [0.25, 0.3) is 0 Å². The van der Waals surface area contributed by atoms with E-state index >= 15 is 0 Å². The lowest BCUT2D eigenvalue weighted by Gasteiger charge is -2.36. The fraction of sp³-hybridized carbons (Fsp3) is 0.278. The molecule has 0 aliphatic carbocycles. The van der Waals surface area contributed by atoms with Crippen LogP contribution in [0.4, 0.5) is 0 Å². The van der Waals surface area contributed by atoms with Crippen molar-refractivity contribution in [3.05, 3.63) is 58.6 Å². The maximum absolute atomic E-state index is 13.4. The van der Waals surface area contributed by atoms with Gasteiger partial charge in [-0.15, -0.1) is 0 Å². The average Bonchev–Trinajstić information content (AvgIpc) is 2.65. The maximum Gasteiger partial charge on any atom is 0.177 e. The minimum absolute atomic E-state index is 0.122. The van der Waals surface area contributed by atoms with E-state index in [1.165, 1.54) is 0 Å². The van der Waals surface area contributed by atoms with Gasteiger partial charge in [-0.05, 0) is 50.2 Å². The Balaban J connectivity index is 1.99. The Labute approximate surface area is 134 Å². The first kappa shape index (κ1) is 13.8. The number of para-hydroxylation sites is 1. The number of nitrogens with one attached hydrogen (secondary N) is 1. The van der Waals surface area contributed by atoms with Crippen LogP contribution < -0.4 is 10.1 Å². The smallest absolute Gasteiger partial charge is 0.177 e. The molecule has 0 unspecified atom stereocenters. The molecular formula is C18H16ClNO2. The number of hydrogen-bond donors (Lipinski definition) is 1. The van der Waals surface area contributed by atoms with Crippen LogP contribution in [0.2, 0.25) is 5.02 Å². The molecule has 0 aromatic heterocycles. The Bertz CT molecular complexity index is 751. The predicted molar refractivity (Wildman–Crippen MR) is 86.1 cm³/mol. The molecule has 4 heteroatoms. The van der Waals surface area contributed by atoms with E-state index in [4.69, 9.17) is 16.3 Å². The molecule has 0 atom stereocenters. The molecule has 0 bridgehead atoms. The van der Waals surface area contributed by atoms with Gasteiger partial charge in [-0.3, -0.25) is 4.79 Å². The third-order valence-corrected chi connectivity index (χ3v) is 4.94. The van der Waals surface area contributed by atoms with Gasteiger partial charge in [0.2, 0.25) is 0 Å². The zero-order chi connectivity index (χ0) is 15.2. The lowest BCUT2D eigenvalue weighted by molar-refractivity contribution is 0.0849. The zero-order valence-electron chi connectivity index (χ0n) is 12.1. The summed E-state index contributed by atoms with van der Waals surface area (Å²) in [6, 6.07) is 13.2. The van der Waals surface area contributed by atoms with E-state index in [1.807, 2.05) is 24.3 Å². The Morgan fingerprint density at radius 2 is 1.82 bits per heavy atom. The van der Waals surface area contributed by atoms with Crippen LogP contribution in [-0.4, -0.2) is 18.9 Å². The molecule has 1 fully saturated rings. The summed E-state index contributed by atoms with van der Waals surface area (Å²) in [6.45, 7) is 1.66. The van der Waals surface area contributed by atoms with Crippen molar-refractivity contribution in [3.8, 4) is 11.5 Å². The fourth-order valence-corrected chi connectivity index (χ4v) is 3.74. The summed E-state index contributed by atoms with van der Waals surface area (Å²) in [5, 5.41) is 3.91. The third-order valence-electron chi connectivity index (χ3n) is 4.70. The average molecular weight is 314 g/mol. The number of piperidine rings is 1. The van der Waals surface area contributed by atoms with Crippen LogP contribution in [0.5, 0.6) is 11.5 Å². The number of carbonyl (C=O) groups excluding carboxylic acids is 1. The standard InChI is InChI=1S/C18H16ClNO2/c19-12-5-6-15-13(11-12)17(21)18(7-9-20-10-8-18)14-3-1-2-4-16(14)22-15/h1-6,11,20H,7-10H2. The van der Waals surface area contributed by atoms with Gasteiger partial charge in [-0.25, -0.2) is 0 Å². The van der Waals surface area contributed by atoms with Crippen LogP contribution in [-0.2, 0) is 5.41 Å². The molecule has 4 rings (SSSR count). The van der Waals surface area contributed by atoms with E-state index in [2.05, 4.69) is 5.32 Å². The number of ketones is 1. The molecule has 0 amide bonds. The van der Waals surface area contributed by atoms with Gasteiger partial charge < -0.3 is 10.1 Å². The largest absolute Gasteiger partial charge is 0.456 e. The van der Waals surface area contributed by atoms with E-state index in [0.717, 1.165) is 37.2 Å². The van der Waals surface area contributed by atoms with Gasteiger partial charge in [0.1, 0.15) is 11.5 Å². The van der Waals surface area contributed by atoms with Gasteiger partial charge in [-0.1, -0.05) is 29.8 Å². The zero-order valence-corrected chi connectivity index (χ0v) is 12.8. The van der Waals surface area contributed by atoms with Crippen LogP contribution in [0.1, 0.15) is 28.8 Å². The Kier molecular flexibility index (Phi) is 3.21. The molecule has 3 nitrogen and oxygen atoms in total. The molecule has 0 radical (unpaired) electrons. The summed E-state index contributed by atoms with van der Waals surface area (Å²) in [4.78, 5) is 13.4. The predicted octanol–water partition coefficient (Wildman–Crippen LogP) is 3.95. The minimum atomic E-state index is -0.516. The first-order valence-corrected chi connectivity index (χ1v) is 7.91. The van der Waals surface area contributed by atoms with Crippen molar-refractivity contribution in [2.45, 2.75) is 18.3 Å². The number of ether oxygens (including phenoxy) is 1. The lowest BCUT2D eigenvalue weighted by Crippen LogP contribution is -2.45. The molecule has 2 aliphatic heterocycles. The molecule has 0 saturated carbocycles. The highest BCUT2D eigenvalue weighted by Gasteiger charge is 2.45. The summed E-state index contributed by atoms with van der Waals surface area (Å²) in [5.74, 6) is 1.49. The number of rotatable bonds is 0. The molecular weight excluding hydrogens is 298 g/mol. The van der Waals surface area contributed by atoms with Crippen LogP contribution in [0.15, 0.2) is 42.5 Å². The van der Waals surface area contributed by atoms with Crippen molar-refractivity contribution in [2.24, 2.45) is 0 Å². The van der Waals surface area contributed by atoms with Gasteiger partial charge in [0.15, 0.2) is 5.78 Å². The van der Waals surface area contributed by atoms with Crippen molar-refractivity contribution in [1.29, 1.82) is 0 Å². The van der Waals surface area contributed by atoms with E-state index in [9.17, 15) is 4.79 Å². The highest BCUT2D eigenvalue weighted by atomic mass is 35.5. The quantitative estimate of drug-likeness (QED) is 0.800. The molecule has 2 aliphatic rings. The summed E-state index contributed by atoms with van der Waals surface area (Å²) in [5.41, 5.74) is 1.07. The number of hydrogen-bond acceptors (Lipinski definition) is 3. The summed E-state index contributed by atoms with van der Waals surface area (Å²) < 4.78 is 6.06. The van der Waals surface area contributed by atoms with Gasteiger partial charge in [0, 0.05) is 10.6 Å². The molecule has 2 aromatic rings.